The fraction of sp³-hybridized carbons (Fsp3) is 0.714. The van der Waals surface area contributed by atoms with Gasteiger partial charge in [-0.15, -0.1) is 0 Å². The lowest BCUT2D eigenvalue weighted by Crippen LogP contribution is -2.39. The number of alkyl halides is 3. The van der Waals surface area contributed by atoms with E-state index in [4.69, 9.17) is 5.26 Å². The summed E-state index contributed by atoms with van der Waals surface area (Å²) in [7, 11) is 0. The first kappa shape index (κ1) is 9.84. The normalized spacial score (nSPS) is 22.9. The molecule has 0 aliphatic carbocycles. The fourth-order valence-electron chi connectivity index (χ4n) is 1.23. The molecule has 0 radical (unpaired) electrons. The standard InChI is InChI=1S/C7H7F3N2O/c8-7(9,10)6(13)12-2-1-5(3-11)4-12/h5H,1-2,4H2. The molecule has 72 valence electrons. The van der Waals surface area contributed by atoms with Crippen LogP contribution >= 0.6 is 0 Å². The van der Waals surface area contributed by atoms with Crippen molar-refractivity contribution in [3.8, 4) is 6.07 Å². The SMILES string of the molecule is N#CC1CCN(C(=O)C(F)(F)F)C1. The Kier molecular flexibility index (Phi) is 2.45. The summed E-state index contributed by atoms with van der Waals surface area (Å²) >= 11 is 0. The predicted molar refractivity (Wildman–Crippen MR) is 36.4 cm³/mol. The van der Waals surface area contributed by atoms with Crippen LogP contribution in [0.1, 0.15) is 6.42 Å². The van der Waals surface area contributed by atoms with Crippen LogP contribution in [0.25, 0.3) is 0 Å². The Bertz CT molecular complexity index is 255. The van der Waals surface area contributed by atoms with E-state index in [2.05, 4.69) is 0 Å². The van der Waals surface area contributed by atoms with E-state index in [-0.39, 0.29) is 13.1 Å². The number of hydrogen-bond donors (Lipinski definition) is 0. The Labute approximate surface area is 72.7 Å². The molecule has 1 saturated heterocycles. The minimum atomic E-state index is -4.82. The van der Waals surface area contributed by atoms with Gasteiger partial charge in [-0.2, -0.15) is 18.4 Å². The van der Waals surface area contributed by atoms with E-state index < -0.39 is 18.0 Å². The van der Waals surface area contributed by atoms with E-state index in [1.807, 2.05) is 6.07 Å². The maximum atomic E-state index is 11.9. The average Bonchev–Trinajstić information content (AvgIpc) is 2.48. The van der Waals surface area contributed by atoms with Gasteiger partial charge < -0.3 is 4.90 Å². The number of carbonyl (C=O) groups is 1. The summed E-state index contributed by atoms with van der Waals surface area (Å²) in [5.74, 6) is -2.29. The largest absolute Gasteiger partial charge is 0.471 e. The highest BCUT2D eigenvalue weighted by Crippen LogP contribution is 2.23. The Hall–Kier alpha value is -1.25. The molecule has 1 fully saturated rings. The molecule has 0 saturated carbocycles. The van der Waals surface area contributed by atoms with Crippen LogP contribution in [0.3, 0.4) is 0 Å². The van der Waals surface area contributed by atoms with E-state index in [0.717, 1.165) is 0 Å². The van der Waals surface area contributed by atoms with Gasteiger partial charge in [-0.1, -0.05) is 0 Å². The van der Waals surface area contributed by atoms with Crippen molar-refractivity contribution in [2.75, 3.05) is 13.1 Å². The number of hydrogen-bond acceptors (Lipinski definition) is 2. The van der Waals surface area contributed by atoms with Crippen LogP contribution in [0.4, 0.5) is 13.2 Å². The predicted octanol–water partition coefficient (Wildman–Crippen LogP) is 0.921. The maximum absolute atomic E-state index is 11.9. The van der Waals surface area contributed by atoms with Crippen LogP contribution in [0.2, 0.25) is 0 Å². The van der Waals surface area contributed by atoms with Crippen LogP contribution < -0.4 is 0 Å². The molecule has 1 rings (SSSR count). The van der Waals surface area contributed by atoms with Crippen molar-refractivity contribution in [3.63, 3.8) is 0 Å². The Morgan fingerprint density at radius 3 is 2.54 bits per heavy atom. The molecule has 13 heavy (non-hydrogen) atoms. The number of carbonyl (C=O) groups excluding carboxylic acids is 1. The highest BCUT2D eigenvalue weighted by atomic mass is 19.4. The molecule has 1 aliphatic rings. The third kappa shape index (κ3) is 2.11. The summed E-state index contributed by atoms with van der Waals surface area (Å²) < 4.78 is 35.6. The number of likely N-dealkylation sites (tertiary alicyclic amines) is 1. The summed E-state index contributed by atoms with van der Waals surface area (Å²) in [5.41, 5.74) is 0. The van der Waals surface area contributed by atoms with Gasteiger partial charge in [-0.25, -0.2) is 0 Å². The zero-order valence-electron chi connectivity index (χ0n) is 6.64. The van der Waals surface area contributed by atoms with Crippen LogP contribution in [-0.2, 0) is 4.79 Å². The molecule has 0 spiro atoms. The van der Waals surface area contributed by atoms with Crippen molar-refractivity contribution >= 4 is 5.91 Å². The minimum Gasteiger partial charge on any atom is -0.334 e. The Balaban J connectivity index is 2.58. The molecule has 6 heteroatoms. The molecule has 3 nitrogen and oxygen atoms in total. The van der Waals surface area contributed by atoms with Gasteiger partial charge in [0.15, 0.2) is 0 Å². The topological polar surface area (TPSA) is 44.1 Å². The molecule has 1 unspecified atom stereocenters. The first-order valence-electron chi connectivity index (χ1n) is 3.71. The quantitative estimate of drug-likeness (QED) is 0.572. The van der Waals surface area contributed by atoms with Gasteiger partial charge >= 0.3 is 12.1 Å². The second kappa shape index (κ2) is 3.24. The zero-order chi connectivity index (χ0) is 10.1. The van der Waals surface area contributed by atoms with Crippen molar-refractivity contribution < 1.29 is 18.0 Å². The lowest BCUT2D eigenvalue weighted by atomic mass is 10.1. The fourth-order valence-corrected chi connectivity index (χ4v) is 1.23. The molecule has 1 heterocycles. The Morgan fingerprint density at radius 2 is 2.15 bits per heavy atom. The molecule has 1 aliphatic heterocycles. The van der Waals surface area contributed by atoms with Crippen molar-refractivity contribution in [1.29, 1.82) is 5.26 Å². The van der Waals surface area contributed by atoms with E-state index in [1.54, 1.807) is 0 Å². The molecule has 1 atom stereocenters. The van der Waals surface area contributed by atoms with Crippen molar-refractivity contribution in [2.45, 2.75) is 12.6 Å². The van der Waals surface area contributed by atoms with E-state index in [9.17, 15) is 18.0 Å². The maximum Gasteiger partial charge on any atom is 0.471 e. The minimum absolute atomic E-state index is 0.0244. The van der Waals surface area contributed by atoms with Crippen LogP contribution in [0, 0.1) is 17.2 Å². The van der Waals surface area contributed by atoms with Gasteiger partial charge in [0.1, 0.15) is 0 Å². The van der Waals surface area contributed by atoms with Crippen LogP contribution in [-0.4, -0.2) is 30.1 Å². The first-order valence-corrected chi connectivity index (χ1v) is 3.71. The summed E-state index contributed by atoms with van der Waals surface area (Å²) in [6, 6.07) is 1.84. The summed E-state index contributed by atoms with van der Waals surface area (Å²) in [5, 5.41) is 8.40. The second-order valence-electron chi connectivity index (χ2n) is 2.86. The van der Waals surface area contributed by atoms with Gasteiger partial charge in [0, 0.05) is 13.1 Å². The molecule has 0 aromatic heterocycles. The van der Waals surface area contributed by atoms with E-state index >= 15 is 0 Å². The Morgan fingerprint density at radius 1 is 1.54 bits per heavy atom. The molecule has 0 N–H and O–H groups in total. The molecule has 0 aromatic carbocycles. The van der Waals surface area contributed by atoms with Crippen LogP contribution in [0.15, 0.2) is 0 Å². The zero-order valence-corrected chi connectivity index (χ0v) is 6.64. The smallest absolute Gasteiger partial charge is 0.334 e. The van der Waals surface area contributed by atoms with Gasteiger partial charge in [-0.3, -0.25) is 4.79 Å². The monoisotopic (exact) mass is 192 g/mol. The number of nitriles is 1. The summed E-state index contributed by atoms with van der Waals surface area (Å²) in [6.07, 6.45) is -4.48. The number of halogens is 3. The molecular weight excluding hydrogens is 185 g/mol. The van der Waals surface area contributed by atoms with Gasteiger partial charge in [-0.05, 0) is 6.42 Å². The number of rotatable bonds is 0. The highest BCUT2D eigenvalue weighted by Gasteiger charge is 2.44. The highest BCUT2D eigenvalue weighted by molar-refractivity contribution is 5.82. The van der Waals surface area contributed by atoms with Gasteiger partial charge in [0.25, 0.3) is 0 Å². The molecular formula is C7H7F3N2O. The summed E-state index contributed by atoms with van der Waals surface area (Å²) in [4.78, 5) is 11.3. The number of nitrogens with zero attached hydrogens (tertiary/aromatic N) is 2. The third-order valence-corrected chi connectivity index (χ3v) is 1.90. The molecule has 1 amide bonds. The van der Waals surface area contributed by atoms with Gasteiger partial charge in [0.05, 0.1) is 12.0 Å². The molecule has 0 aromatic rings. The molecule has 0 bridgehead atoms. The average molecular weight is 192 g/mol. The number of amides is 1. The van der Waals surface area contributed by atoms with Crippen molar-refractivity contribution in [1.82, 2.24) is 4.90 Å². The third-order valence-electron chi connectivity index (χ3n) is 1.90. The summed E-state index contributed by atoms with van der Waals surface area (Å²) in [6.45, 7) is -0.0780. The lowest BCUT2D eigenvalue weighted by Gasteiger charge is -2.16. The lowest BCUT2D eigenvalue weighted by molar-refractivity contribution is -0.184. The van der Waals surface area contributed by atoms with Crippen LogP contribution in [0.5, 0.6) is 0 Å². The van der Waals surface area contributed by atoms with E-state index in [0.29, 0.717) is 11.3 Å². The van der Waals surface area contributed by atoms with Crippen molar-refractivity contribution in [3.05, 3.63) is 0 Å². The first-order chi connectivity index (χ1) is 5.95. The van der Waals surface area contributed by atoms with E-state index in [1.165, 1.54) is 0 Å². The second-order valence-corrected chi connectivity index (χ2v) is 2.86. The van der Waals surface area contributed by atoms with Crippen molar-refractivity contribution in [2.24, 2.45) is 5.92 Å². The van der Waals surface area contributed by atoms with Gasteiger partial charge in [0.2, 0.25) is 0 Å².